The molecule has 1 aliphatic heterocycles. The van der Waals surface area contributed by atoms with Gasteiger partial charge in [-0.15, -0.1) is 10.2 Å². The molecule has 0 aliphatic carbocycles. The maximum absolute atomic E-state index is 4.31. The van der Waals surface area contributed by atoms with Gasteiger partial charge in [-0.25, -0.2) is 0 Å². The van der Waals surface area contributed by atoms with Gasteiger partial charge in [-0.1, -0.05) is 13.8 Å². The van der Waals surface area contributed by atoms with Crippen molar-refractivity contribution in [3.8, 4) is 11.4 Å². The molecule has 3 heterocycles. The predicted molar refractivity (Wildman–Crippen MR) is 64.3 cm³/mol. The van der Waals surface area contributed by atoms with Crippen molar-refractivity contribution in [3.05, 3.63) is 18.2 Å². The van der Waals surface area contributed by atoms with Crippen LogP contribution in [0.2, 0.25) is 0 Å². The van der Waals surface area contributed by atoms with E-state index >= 15 is 0 Å². The highest BCUT2D eigenvalue weighted by molar-refractivity contribution is 5.52. The SMILES string of the molecule is Cn1cc(-c2nnc3n2CC(C)(C)CC3)cn1. The zero-order chi connectivity index (χ0) is 12.0. The molecule has 0 aromatic carbocycles. The Morgan fingerprint density at radius 3 is 2.82 bits per heavy atom. The topological polar surface area (TPSA) is 48.5 Å². The molecule has 0 amide bonds. The maximum atomic E-state index is 4.31. The van der Waals surface area contributed by atoms with Crippen LogP contribution in [0.25, 0.3) is 11.4 Å². The van der Waals surface area contributed by atoms with Crippen LogP contribution in [0.3, 0.4) is 0 Å². The van der Waals surface area contributed by atoms with Crippen molar-refractivity contribution in [2.75, 3.05) is 0 Å². The second-order valence-electron chi connectivity index (χ2n) is 5.59. The van der Waals surface area contributed by atoms with E-state index in [-0.39, 0.29) is 0 Å². The molecule has 3 rings (SSSR count). The Hall–Kier alpha value is -1.65. The van der Waals surface area contributed by atoms with Gasteiger partial charge in [-0.3, -0.25) is 4.68 Å². The first kappa shape index (κ1) is 10.5. The number of hydrogen-bond donors (Lipinski definition) is 0. The Morgan fingerprint density at radius 1 is 1.29 bits per heavy atom. The Morgan fingerprint density at radius 2 is 2.12 bits per heavy atom. The van der Waals surface area contributed by atoms with Crippen LogP contribution >= 0.6 is 0 Å². The molecule has 0 fully saturated rings. The molecular weight excluding hydrogens is 214 g/mol. The fraction of sp³-hybridized carbons (Fsp3) is 0.583. The van der Waals surface area contributed by atoms with Gasteiger partial charge in [-0.05, 0) is 11.8 Å². The van der Waals surface area contributed by atoms with Gasteiger partial charge in [0.15, 0.2) is 5.82 Å². The van der Waals surface area contributed by atoms with Crippen molar-refractivity contribution in [2.45, 2.75) is 33.2 Å². The molecule has 2 aromatic rings. The van der Waals surface area contributed by atoms with Gasteiger partial charge in [0.25, 0.3) is 0 Å². The first-order valence-electron chi connectivity index (χ1n) is 5.96. The van der Waals surface area contributed by atoms with Gasteiger partial charge in [0.05, 0.1) is 11.8 Å². The van der Waals surface area contributed by atoms with E-state index in [1.807, 2.05) is 19.4 Å². The third-order valence-electron chi connectivity index (χ3n) is 3.40. The van der Waals surface area contributed by atoms with Crippen molar-refractivity contribution < 1.29 is 0 Å². The Balaban J connectivity index is 2.06. The smallest absolute Gasteiger partial charge is 0.167 e. The number of nitrogens with zero attached hydrogens (tertiary/aromatic N) is 5. The first-order chi connectivity index (χ1) is 8.05. The Kier molecular flexibility index (Phi) is 2.11. The molecule has 5 heteroatoms. The van der Waals surface area contributed by atoms with E-state index in [1.54, 1.807) is 4.68 Å². The molecule has 17 heavy (non-hydrogen) atoms. The quantitative estimate of drug-likeness (QED) is 0.749. The third kappa shape index (κ3) is 1.75. The lowest BCUT2D eigenvalue weighted by atomic mass is 9.85. The maximum Gasteiger partial charge on any atom is 0.167 e. The van der Waals surface area contributed by atoms with Crippen molar-refractivity contribution in [1.29, 1.82) is 0 Å². The number of hydrogen-bond acceptors (Lipinski definition) is 3. The van der Waals surface area contributed by atoms with Crippen LogP contribution in [-0.4, -0.2) is 24.5 Å². The predicted octanol–water partition coefficient (Wildman–Crippen LogP) is 1.65. The van der Waals surface area contributed by atoms with Crippen LogP contribution in [0.15, 0.2) is 12.4 Å². The van der Waals surface area contributed by atoms with E-state index in [2.05, 4.69) is 33.7 Å². The monoisotopic (exact) mass is 231 g/mol. The summed E-state index contributed by atoms with van der Waals surface area (Å²) in [5, 5.41) is 12.8. The minimum absolute atomic E-state index is 0.326. The summed E-state index contributed by atoms with van der Waals surface area (Å²) < 4.78 is 4.03. The van der Waals surface area contributed by atoms with Crippen LogP contribution in [0.1, 0.15) is 26.1 Å². The van der Waals surface area contributed by atoms with Crippen molar-refractivity contribution in [2.24, 2.45) is 12.5 Å². The summed E-state index contributed by atoms with van der Waals surface area (Å²) in [6.07, 6.45) is 6.02. The summed E-state index contributed by atoms with van der Waals surface area (Å²) in [5.74, 6) is 2.05. The first-order valence-corrected chi connectivity index (χ1v) is 5.96. The summed E-state index contributed by atoms with van der Waals surface area (Å²) in [4.78, 5) is 0. The number of rotatable bonds is 1. The zero-order valence-corrected chi connectivity index (χ0v) is 10.5. The number of aryl methyl sites for hydroxylation is 2. The molecule has 0 unspecified atom stereocenters. The van der Waals surface area contributed by atoms with Gasteiger partial charge in [0.1, 0.15) is 5.82 Å². The fourth-order valence-corrected chi connectivity index (χ4v) is 2.39. The highest BCUT2D eigenvalue weighted by Gasteiger charge is 2.28. The summed E-state index contributed by atoms with van der Waals surface area (Å²) in [6, 6.07) is 0. The second kappa shape index (κ2) is 3.42. The molecule has 0 N–H and O–H groups in total. The molecule has 0 saturated carbocycles. The van der Waals surface area contributed by atoms with Crippen molar-refractivity contribution >= 4 is 0 Å². The van der Waals surface area contributed by atoms with Crippen molar-refractivity contribution in [1.82, 2.24) is 24.5 Å². The molecule has 0 saturated heterocycles. The van der Waals surface area contributed by atoms with Gasteiger partial charge in [0, 0.05) is 26.2 Å². The summed E-state index contributed by atoms with van der Waals surface area (Å²) in [5.41, 5.74) is 1.37. The molecule has 90 valence electrons. The van der Waals surface area contributed by atoms with E-state index in [4.69, 9.17) is 0 Å². The number of fused-ring (bicyclic) bond motifs is 1. The molecule has 2 aromatic heterocycles. The van der Waals surface area contributed by atoms with Crippen LogP contribution < -0.4 is 0 Å². The largest absolute Gasteiger partial charge is 0.310 e. The molecule has 0 spiro atoms. The lowest BCUT2D eigenvalue weighted by Gasteiger charge is -2.30. The van der Waals surface area contributed by atoms with E-state index in [0.717, 1.165) is 30.2 Å². The normalized spacial score (nSPS) is 18.1. The fourth-order valence-electron chi connectivity index (χ4n) is 2.39. The Bertz CT molecular complexity index is 549. The number of aromatic nitrogens is 5. The van der Waals surface area contributed by atoms with Crippen LogP contribution in [0.5, 0.6) is 0 Å². The zero-order valence-electron chi connectivity index (χ0n) is 10.5. The molecule has 0 atom stereocenters. The average Bonchev–Trinajstić information content (AvgIpc) is 2.82. The van der Waals surface area contributed by atoms with Gasteiger partial charge in [0.2, 0.25) is 0 Å². The summed E-state index contributed by atoms with van der Waals surface area (Å²) in [6.45, 7) is 5.57. The standard InChI is InChI=1S/C12H17N5/c1-12(2)5-4-10-14-15-11(17(10)8-12)9-6-13-16(3)7-9/h6-7H,4-5,8H2,1-3H3. The van der Waals surface area contributed by atoms with E-state index in [9.17, 15) is 0 Å². The minimum Gasteiger partial charge on any atom is -0.310 e. The van der Waals surface area contributed by atoms with E-state index in [0.29, 0.717) is 5.41 Å². The van der Waals surface area contributed by atoms with Gasteiger partial charge < -0.3 is 4.57 Å². The lowest BCUT2D eigenvalue weighted by Crippen LogP contribution is -2.27. The average molecular weight is 231 g/mol. The minimum atomic E-state index is 0.326. The second-order valence-corrected chi connectivity index (χ2v) is 5.59. The van der Waals surface area contributed by atoms with Crippen molar-refractivity contribution in [3.63, 3.8) is 0 Å². The Labute approximate surface area is 100 Å². The lowest BCUT2D eigenvalue weighted by molar-refractivity contribution is 0.248. The molecule has 0 radical (unpaired) electrons. The summed E-state index contributed by atoms with van der Waals surface area (Å²) >= 11 is 0. The molecule has 5 nitrogen and oxygen atoms in total. The summed E-state index contributed by atoms with van der Waals surface area (Å²) in [7, 11) is 1.92. The van der Waals surface area contributed by atoms with Crippen LogP contribution in [0.4, 0.5) is 0 Å². The van der Waals surface area contributed by atoms with E-state index < -0.39 is 0 Å². The van der Waals surface area contributed by atoms with Gasteiger partial charge >= 0.3 is 0 Å². The molecular formula is C12H17N5. The third-order valence-corrected chi connectivity index (χ3v) is 3.40. The highest BCUT2D eigenvalue weighted by Crippen LogP contribution is 2.32. The highest BCUT2D eigenvalue weighted by atomic mass is 15.3. The van der Waals surface area contributed by atoms with Crippen LogP contribution in [0, 0.1) is 5.41 Å². The molecule has 0 bridgehead atoms. The van der Waals surface area contributed by atoms with Gasteiger partial charge in [-0.2, -0.15) is 5.10 Å². The molecule has 1 aliphatic rings. The van der Waals surface area contributed by atoms with Crippen LogP contribution in [-0.2, 0) is 20.0 Å². The van der Waals surface area contributed by atoms with E-state index in [1.165, 1.54) is 6.42 Å².